The molecule has 0 aliphatic heterocycles. The van der Waals surface area contributed by atoms with Crippen molar-refractivity contribution < 1.29 is 14.0 Å². The number of hydrogen-bond acceptors (Lipinski definition) is 2. The predicted molar refractivity (Wildman–Crippen MR) is 96.8 cm³/mol. The molecule has 0 unspecified atom stereocenters. The molecule has 4 aliphatic rings. The molecule has 4 nitrogen and oxygen atoms in total. The summed E-state index contributed by atoms with van der Waals surface area (Å²) in [6.07, 6.45) is 6.62. The number of amides is 2. The van der Waals surface area contributed by atoms with Crippen LogP contribution in [0, 0.1) is 23.1 Å². The van der Waals surface area contributed by atoms with Gasteiger partial charge in [-0.25, -0.2) is 4.39 Å². The van der Waals surface area contributed by atoms with Gasteiger partial charge in [-0.2, -0.15) is 0 Å². The molecule has 0 heterocycles. The van der Waals surface area contributed by atoms with Crippen LogP contribution in [0.3, 0.4) is 0 Å². The quantitative estimate of drug-likeness (QED) is 0.850. The largest absolute Gasteiger partial charge is 0.355 e. The van der Waals surface area contributed by atoms with Gasteiger partial charge in [0.05, 0.1) is 5.41 Å². The van der Waals surface area contributed by atoms with Gasteiger partial charge in [0.1, 0.15) is 5.82 Å². The highest BCUT2D eigenvalue weighted by atomic mass is 19.1. The maximum absolute atomic E-state index is 13.1. The van der Waals surface area contributed by atoms with Gasteiger partial charge in [-0.05, 0) is 74.5 Å². The topological polar surface area (TPSA) is 58.2 Å². The fourth-order valence-electron chi connectivity index (χ4n) is 6.21. The third kappa shape index (κ3) is 3.24. The first-order valence-corrected chi connectivity index (χ1v) is 9.70. The van der Waals surface area contributed by atoms with Crippen molar-refractivity contribution in [2.24, 2.45) is 17.3 Å². The molecule has 1 aromatic rings. The number of nitrogens with one attached hydrogen (secondary N) is 2. The Morgan fingerprint density at radius 2 is 1.77 bits per heavy atom. The number of halogens is 1. The summed E-state index contributed by atoms with van der Waals surface area (Å²) in [6.45, 7) is 2.14. The first-order valence-electron chi connectivity index (χ1n) is 9.70. The fraction of sp³-hybridized carbons (Fsp3) is 0.619. The normalized spacial score (nSPS) is 34.5. The second kappa shape index (κ2) is 6.36. The van der Waals surface area contributed by atoms with E-state index >= 15 is 0 Å². The minimum atomic E-state index is -0.324. The van der Waals surface area contributed by atoms with Crippen molar-refractivity contribution in [1.82, 2.24) is 10.6 Å². The molecule has 0 spiro atoms. The molecule has 140 valence electrons. The first kappa shape index (κ1) is 17.5. The average molecular weight is 358 g/mol. The van der Waals surface area contributed by atoms with E-state index in [1.807, 2.05) is 0 Å². The Kier molecular flexibility index (Phi) is 4.28. The molecule has 5 rings (SSSR count). The molecule has 4 saturated carbocycles. The summed E-state index contributed by atoms with van der Waals surface area (Å²) >= 11 is 0. The fourth-order valence-corrected chi connectivity index (χ4v) is 6.21. The Labute approximate surface area is 153 Å². The first-order chi connectivity index (χ1) is 12.4. The van der Waals surface area contributed by atoms with E-state index in [1.165, 1.54) is 18.6 Å². The highest BCUT2D eigenvalue weighted by molar-refractivity contribution is 5.84. The zero-order valence-corrected chi connectivity index (χ0v) is 15.3. The summed E-state index contributed by atoms with van der Waals surface area (Å²) in [7, 11) is 0. The second-order valence-corrected chi connectivity index (χ2v) is 8.84. The molecule has 5 heteroatoms. The van der Waals surface area contributed by atoms with Gasteiger partial charge in [0.2, 0.25) is 11.8 Å². The molecule has 2 atom stereocenters. The Morgan fingerprint density at radius 3 is 2.38 bits per heavy atom. The van der Waals surface area contributed by atoms with Crippen LogP contribution < -0.4 is 10.6 Å². The van der Waals surface area contributed by atoms with E-state index in [0.29, 0.717) is 24.8 Å². The van der Waals surface area contributed by atoms with Crippen LogP contribution in [0.5, 0.6) is 0 Å². The molecule has 26 heavy (non-hydrogen) atoms. The van der Waals surface area contributed by atoms with Crippen LogP contribution in [0.2, 0.25) is 0 Å². The van der Waals surface area contributed by atoms with Gasteiger partial charge in [-0.1, -0.05) is 12.1 Å². The maximum atomic E-state index is 13.1. The minimum Gasteiger partial charge on any atom is -0.355 e. The van der Waals surface area contributed by atoms with Crippen LogP contribution >= 0.6 is 0 Å². The monoisotopic (exact) mass is 358 g/mol. The molecular formula is C21H27FN2O2. The average Bonchev–Trinajstić information content (AvgIpc) is 2.54. The summed E-state index contributed by atoms with van der Waals surface area (Å²) in [5.74, 6) is 1.01. The SMILES string of the molecule is CC(=O)NC12C[C@H]3C[C@H](C1)CC(C(=O)NCCc1ccc(F)cc1)(C3)C2. The van der Waals surface area contributed by atoms with E-state index < -0.39 is 0 Å². The Bertz CT molecular complexity index is 701. The van der Waals surface area contributed by atoms with Crippen LogP contribution in [0.1, 0.15) is 51.0 Å². The van der Waals surface area contributed by atoms with E-state index in [2.05, 4.69) is 10.6 Å². The molecule has 0 saturated heterocycles. The smallest absolute Gasteiger partial charge is 0.226 e. The van der Waals surface area contributed by atoms with Gasteiger partial charge in [-0.3, -0.25) is 9.59 Å². The summed E-state index contributed by atoms with van der Waals surface area (Å²) < 4.78 is 13.0. The van der Waals surface area contributed by atoms with Crippen LogP contribution in [0.15, 0.2) is 24.3 Å². The van der Waals surface area contributed by atoms with Crippen LogP contribution in [0.4, 0.5) is 4.39 Å². The van der Waals surface area contributed by atoms with E-state index in [-0.39, 0.29) is 28.6 Å². The Morgan fingerprint density at radius 1 is 1.12 bits per heavy atom. The molecule has 2 N–H and O–H groups in total. The molecule has 0 radical (unpaired) electrons. The number of carbonyl (C=O) groups is 2. The molecule has 1 aromatic carbocycles. The van der Waals surface area contributed by atoms with Crippen LogP contribution in [-0.4, -0.2) is 23.9 Å². The lowest BCUT2D eigenvalue weighted by atomic mass is 9.46. The minimum absolute atomic E-state index is 0.0128. The third-order valence-electron chi connectivity index (χ3n) is 6.60. The van der Waals surface area contributed by atoms with Crippen LogP contribution in [-0.2, 0) is 16.0 Å². The second-order valence-electron chi connectivity index (χ2n) is 8.84. The zero-order valence-electron chi connectivity index (χ0n) is 15.3. The van der Waals surface area contributed by atoms with Crippen molar-refractivity contribution in [3.63, 3.8) is 0 Å². The summed E-state index contributed by atoms with van der Waals surface area (Å²) in [5, 5.41) is 6.33. The van der Waals surface area contributed by atoms with Gasteiger partial charge in [-0.15, -0.1) is 0 Å². The van der Waals surface area contributed by atoms with Gasteiger partial charge in [0.15, 0.2) is 0 Å². The summed E-state index contributed by atoms with van der Waals surface area (Å²) in [4.78, 5) is 24.8. The van der Waals surface area contributed by atoms with Crippen molar-refractivity contribution in [1.29, 1.82) is 0 Å². The molecule has 4 fully saturated rings. The van der Waals surface area contributed by atoms with Gasteiger partial charge in [0.25, 0.3) is 0 Å². The molecule has 4 bridgehead atoms. The van der Waals surface area contributed by atoms with Gasteiger partial charge in [0, 0.05) is 19.0 Å². The predicted octanol–water partition coefficient (Wildman–Crippen LogP) is 2.96. The number of rotatable bonds is 5. The van der Waals surface area contributed by atoms with Crippen molar-refractivity contribution in [3.8, 4) is 0 Å². The Balaban J connectivity index is 1.42. The maximum Gasteiger partial charge on any atom is 0.226 e. The van der Waals surface area contributed by atoms with Crippen molar-refractivity contribution in [3.05, 3.63) is 35.6 Å². The lowest BCUT2D eigenvalue weighted by Gasteiger charge is -2.61. The zero-order chi connectivity index (χ0) is 18.4. The van der Waals surface area contributed by atoms with Gasteiger partial charge < -0.3 is 10.6 Å². The lowest BCUT2D eigenvalue weighted by Crippen LogP contribution is -2.65. The van der Waals surface area contributed by atoms with E-state index in [0.717, 1.165) is 37.7 Å². The number of carbonyl (C=O) groups excluding carboxylic acids is 2. The molecule has 4 aliphatic carbocycles. The number of hydrogen-bond donors (Lipinski definition) is 2. The van der Waals surface area contributed by atoms with Crippen molar-refractivity contribution >= 4 is 11.8 Å². The molecule has 0 aromatic heterocycles. The lowest BCUT2D eigenvalue weighted by molar-refractivity contribution is -0.153. The van der Waals surface area contributed by atoms with E-state index in [9.17, 15) is 14.0 Å². The number of benzene rings is 1. The van der Waals surface area contributed by atoms with Crippen molar-refractivity contribution in [2.45, 2.75) is 57.4 Å². The van der Waals surface area contributed by atoms with E-state index in [1.54, 1.807) is 19.1 Å². The Hall–Kier alpha value is -1.91. The molecular weight excluding hydrogens is 331 g/mol. The van der Waals surface area contributed by atoms with Gasteiger partial charge >= 0.3 is 0 Å². The highest BCUT2D eigenvalue weighted by Gasteiger charge is 2.60. The summed E-state index contributed by atoms with van der Waals surface area (Å²) in [6, 6.07) is 6.43. The summed E-state index contributed by atoms with van der Waals surface area (Å²) in [5.41, 5.74) is 0.520. The van der Waals surface area contributed by atoms with Crippen LogP contribution in [0.25, 0.3) is 0 Å². The standard InChI is InChI=1S/C21H27FN2O2/c1-14(25)24-21-11-16-8-17(12-21)10-20(9-16,13-21)19(26)23-7-6-15-2-4-18(22)5-3-15/h2-5,16-17H,6-13H2,1H3,(H,23,26)(H,24,25)/t16-,17-,20?,21?/m0/s1. The van der Waals surface area contributed by atoms with E-state index in [4.69, 9.17) is 0 Å². The molecule has 2 amide bonds. The highest BCUT2D eigenvalue weighted by Crippen LogP contribution is 2.61. The van der Waals surface area contributed by atoms with Crippen molar-refractivity contribution in [2.75, 3.05) is 6.54 Å². The third-order valence-corrected chi connectivity index (χ3v) is 6.60.